The molecule has 12 rings (SSSR count). The van der Waals surface area contributed by atoms with Crippen molar-refractivity contribution in [3.05, 3.63) is 230 Å². The lowest BCUT2D eigenvalue weighted by Crippen LogP contribution is -1.94. The minimum atomic E-state index is -0.409. The maximum absolute atomic E-state index is 9.06. The van der Waals surface area contributed by atoms with Crippen molar-refractivity contribution in [2.45, 2.75) is 0 Å². The molecular formula is C60H38O. The zero-order valence-corrected chi connectivity index (χ0v) is 33.0. The summed E-state index contributed by atoms with van der Waals surface area (Å²) in [5, 5.41) is 7.68. The maximum Gasteiger partial charge on any atom is 0.136 e. The van der Waals surface area contributed by atoms with Crippen LogP contribution < -0.4 is 0 Å². The molecule has 0 N–H and O–H groups in total. The van der Waals surface area contributed by atoms with Crippen LogP contribution in [-0.2, 0) is 0 Å². The molecule has 1 heteroatoms. The number of furan rings is 1. The van der Waals surface area contributed by atoms with Crippen LogP contribution in [0.15, 0.2) is 235 Å². The molecule has 0 aliphatic rings. The van der Waals surface area contributed by atoms with E-state index in [9.17, 15) is 0 Å². The van der Waals surface area contributed by atoms with E-state index in [1.54, 1.807) is 0 Å². The number of benzene rings is 11. The monoisotopic (exact) mass is 779 g/mol. The molecule has 61 heavy (non-hydrogen) atoms. The predicted molar refractivity (Wildman–Crippen MR) is 259 cm³/mol. The van der Waals surface area contributed by atoms with Crippen LogP contribution in [0, 0.1) is 0 Å². The Labute approximate surface area is 361 Å². The van der Waals surface area contributed by atoms with Gasteiger partial charge in [-0.3, -0.25) is 0 Å². The van der Waals surface area contributed by atoms with Crippen LogP contribution in [0.1, 0.15) is 6.85 Å². The minimum absolute atomic E-state index is 0.195. The van der Waals surface area contributed by atoms with Gasteiger partial charge >= 0.3 is 0 Å². The van der Waals surface area contributed by atoms with Gasteiger partial charge in [0.1, 0.15) is 11.2 Å². The van der Waals surface area contributed by atoms with Crippen molar-refractivity contribution in [1.82, 2.24) is 0 Å². The Morgan fingerprint density at radius 3 is 1.38 bits per heavy atom. The van der Waals surface area contributed by atoms with Crippen LogP contribution >= 0.6 is 0 Å². The smallest absolute Gasteiger partial charge is 0.136 e. The van der Waals surface area contributed by atoms with Gasteiger partial charge in [-0.05, 0) is 112 Å². The SMILES string of the molecule is [2H]c1c([2H])c([2H])c(-c2c3ccccc3c(-c3ccc(-c4c(-c5ccc(-c6ccccc6)c(-c6ccccc6)c5)ccc5oc6ccccc6c45)c4ccccc34)c3ccccc23)c([2H])c1[2H]. The Bertz CT molecular complexity index is 3840. The van der Waals surface area contributed by atoms with Crippen LogP contribution in [0.2, 0.25) is 0 Å². The second-order valence-electron chi connectivity index (χ2n) is 15.5. The first kappa shape index (κ1) is 30.1. The van der Waals surface area contributed by atoms with E-state index in [2.05, 4.69) is 152 Å². The molecule has 0 unspecified atom stereocenters. The molecule has 0 fully saturated rings. The molecule has 1 aromatic heterocycles. The van der Waals surface area contributed by atoms with Gasteiger partial charge in [0, 0.05) is 16.3 Å². The summed E-state index contributed by atoms with van der Waals surface area (Å²) < 4.78 is 50.3. The number of para-hydroxylation sites is 1. The van der Waals surface area contributed by atoms with E-state index in [1.165, 1.54) is 0 Å². The van der Waals surface area contributed by atoms with Crippen molar-refractivity contribution in [1.29, 1.82) is 0 Å². The fourth-order valence-corrected chi connectivity index (χ4v) is 9.57. The lowest BCUT2D eigenvalue weighted by Gasteiger charge is -2.21. The number of rotatable bonds is 6. The Balaban J connectivity index is 1.15. The molecule has 1 nitrogen and oxygen atoms in total. The predicted octanol–water partition coefficient (Wildman–Crippen LogP) is 17.0. The van der Waals surface area contributed by atoms with Gasteiger partial charge in [-0.25, -0.2) is 0 Å². The Morgan fingerprint density at radius 1 is 0.279 bits per heavy atom. The van der Waals surface area contributed by atoms with Crippen LogP contribution in [0.5, 0.6) is 0 Å². The lowest BCUT2D eigenvalue weighted by atomic mass is 9.82. The van der Waals surface area contributed by atoms with Crippen LogP contribution in [0.25, 0.3) is 121 Å². The van der Waals surface area contributed by atoms with E-state index < -0.39 is 6.04 Å². The summed E-state index contributed by atoms with van der Waals surface area (Å²) in [6, 6.07) is 68.1. The number of hydrogen-bond acceptors (Lipinski definition) is 1. The van der Waals surface area contributed by atoms with E-state index in [1.807, 2.05) is 48.5 Å². The van der Waals surface area contributed by atoms with Gasteiger partial charge in [0.25, 0.3) is 0 Å². The maximum atomic E-state index is 9.06. The Kier molecular flexibility index (Phi) is 7.09. The molecule has 0 aliphatic heterocycles. The second kappa shape index (κ2) is 14.4. The fraction of sp³-hybridized carbons (Fsp3) is 0. The van der Waals surface area contributed by atoms with Crippen LogP contribution in [0.4, 0.5) is 0 Å². The average molecular weight is 780 g/mol. The van der Waals surface area contributed by atoms with Crippen molar-refractivity contribution in [3.63, 3.8) is 0 Å². The van der Waals surface area contributed by atoms with Crippen molar-refractivity contribution in [3.8, 4) is 66.8 Å². The Morgan fingerprint density at radius 2 is 0.754 bits per heavy atom. The van der Waals surface area contributed by atoms with Crippen molar-refractivity contribution in [2.24, 2.45) is 0 Å². The van der Waals surface area contributed by atoms with Gasteiger partial charge in [-0.15, -0.1) is 0 Å². The van der Waals surface area contributed by atoms with Gasteiger partial charge in [-0.1, -0.05) is 212 Å². The molecule has 0 radical (unpaired) electrons. The van der Waals surface area contributed by atoms with Crippen LogP contribution in [0.3, 0.4) is 0 Å². The van der Waals surface area contributed by atoms with E-state index in [4.69, 9.17) is 11.3 Å². The third-order valence-electron chi connectivity index (χ3n) is 12.2. The lowest BCUT2D eigenvalue weighted by molar-refractivity contribution is 0.669. The largest absolute Gasteiger partial charge is 0.456 e. The van der Waals surface area contributed by atoms with Gasteiger partial charge < -0.3 is 4.42 Å². The zero-order valence-electron chi connectivity index (χ0n) is 38.0. The minimum Gasteiger partial charge on any atom is -0.456 e. The molecule has 0 bridgehead atoms. The summed E-state index contributed by atoms with van der Waals surface area (Å²) in [7, 11) is 0. The van der Waals surface area contributed by atoms with Gasteiger partial charge in [0.05, 0.1) is 6.85 Å². The van der Waals surface area contributed by atoms with Crippen molar-refractivity contribution >= 4 is 54.3 Å². The number of hydrogen-bond donors (Lipinski definition) is 0. The highest BCUT2D eigenvalue weighted by molar-refractivity contribution is 6.25. The van der Waals surface area contributed by atoms with Gasteiger partial charge in [-0.2, -0.15) is 0 Å². The molecule has 0 spiro atoms. The zero-order chi connectivity index (χ0) is 44.6. The summed E-state index contributed by atoms with van der Waals surface area (Å²) in [5.74, 6) is 0. The summed E-state index contributed by atoms with van der Waals surface area (Å²) in [5.41, 5.74) is 13.4. The highest BCUT2D eigenvalue weighted by Gasteiger charge is 2.23. The highest BCUT2D eigenvalue weighted by atomic mass is 16.3. The fourth-order valence-electron chi connectivity index (χ4n) is 9.57. The second-order valence-corrected chi connectivity index (χ2v) is 15.5. The Hall–Kier alpha value is -8.00. The first-order chi connectivity index (χ1) is 32.4. The van der Waals surface area contributed by atoms with Gasteiger partial charge in [0.15, 0.2) is 0 Å². The third kappa shape index (κ3) is 5.70. The standard InChI is InChI=1S/C60H38O/c1-4-18-39(19-5-1)43-33-32-42(38-54(43)40-20-6-2-7-21-40)44-36-37-56-60(53-30-16-17-31-55(53)61-56)59(44)52-35-34-51(45-24-10-11-25-46(45)52)58-49-28-14-12-26-47(49)57(41-22-8-3-9-23-41)48-27-13-15-29-50(48)58/h1-38H/i3D,8D,9D,22D,23D. The van der Waals surface area contributed by atoms with Crippen molar-refractivity contribution in [2.75, 3.05) is 0 Å². The van der Waals surface area contributed by atoms with Gasteiger partial charge in [0.2, 0.25) is 0 Å². The van der Waals surface area contributed by atoms with E-state index in [0.717, 1.165) is 110 Å². The normalized spacial score (nSPS) is 12.8. The van der Waals surface area contributed by atoms with E-state index in [0.29, 0.717) is 5.56 Å². The first-order valence-electron chi connectivity index (χ1n) is 23.1. The summed E-state index contributed by atoms with van der Waals surface area (Å²) >= 11 is 0. The third-order valence-corrected chi connectivity index (χ3v) is 12.2. The topological polar surface area (TPSA) is 13.1 Å². The summed E-state index contributed by atoms with van der Waals surface area (Å²) in [4.78, 5) is 0. The summed E-state index contributed by atoms with van der Waals surface area (Å²) in [6.07, 6.45) is 0. The molecule has 12 aromatic rings. The molecule has 11 aromatic carbocycles. The quantitative estimate of drug-likeness (QED) is 0.153. The summed E-state index contributed by atoms with van der Waals surface area (Å²) in [6.45, 7) is 0. The highest BCUT2D eigenvalue weighted by Crippen LogP contribution is 2.50. The van der Waals surface area contributed by atoms with Crippen molar-refractivity contribution < 1.29 is 11.3 Å². The average Bonchev–Trinajstić information content (AvgIpc) is 3.76. The van der Waals surface area contributed by atoms with E-state index in [-0.39, 0.29) is 29.7 Å². The van der Waals surface area contributed by atoms with E-state index >= 15 is 0 Å². The molecule has 0 aliphatic carbocycles. The molecule has 284 valence electrons. The van der Waals surface area contributed by atoms with Crippen LogP contribution in [-0.4, -0.2) is 0 Å². The molecule has 1 heterocycles. The first-order valence-corrected chi connectivity index (χ1v) is 20.6. The molecule has 0 saturated carbocycles. The number of fused-ring (bicyclic) bond motifs is 6. The molecular weight excluding hydrogens is 737 g/mol. The molecule has 0 amide bonds. The molecule has 0 atom stereocenters. The molecule has 0 saturated heterocycles.